The SMILES string of the molecule is CNC(=O)c1cc(Oc2cc(NC(=O)[C@H]3CCN[C@@H](C)C3)ccc2C)ccn1.Cl.Cl. The Hall–Kier alpha value is -2.35. The van der Waals surface area contributed by atoms with E-state index in [1.165, 1.54) is 6.20 Å². The molecule has 3 rings (SSSR count). The molecule has 1 aliphatic heterocycles. The fraction of sp³-hybridized carbons (Fsp3) is 0.381. The van der Waals surface area contributed by atoms with E-state index in [1.807, 2.05) is 19.1 Å². The zero-order valence-electron chi connectivity index (χ0n) is 17.2. The first-order valence-electron chi connectivity index (χ1n) is 9.47. The largest absolute Gasteiger partial charge is 0.457 e. The van der Waals surface area contributed by atoms with E-state index in [0.29, 0.717) is 23.2 Å². The molecule has 9 heteroatoms. The number of piperidine rings is 1. The zero-order chi connectivity index (χ0) is 20.1. The van der Waals surface area contributed by atoms with Gasteiger partial charge in [0.1, 0.15) is 17.2 Å². The van der Waals surface area contributed by atoms with Gasteiger partial charge in [-0.05, 0) is 50.9 Å². The number of carbonyl (C=O) groups is 2. The summed E-state index contributed by atoms with van der Waals surface area (Å²) in [5, 5.41) is 8.90. The van der Waals surface area contributed by atoms with Crippen LogP contribution in [0.15, 0.2) is 36.5 Å². The molecule has 1 aromatic carbocycles. The number of nitrogens with zero attached hydrogens (tertiary/aromatic N) is 1. The van der Waals surface area contributed by atoms with Crippen LogP contribution in [0.25, 0.3) is 0 Å². The number of rotatable bonds is 5. The summed E-state index contributed by atoms with van der Waals surface area (Å²) in [4.78, 5) is 28.4. The maximum atomic E-state index is 12.6. The predicted octanol–water partition coefficient (Wildman–Crippen LogP) is 3.71. The monoisotopic (exact) mass is 454 g/mol. The summed E-state index contributed by atoms with van der Waals surface area (Å²) in [6.07, 6.45) is 3.20. The molecule has 0 aliphatic carbocycles. The van der Waals surface area contributed by atoms with Crippen LogP contribution in [0.2, 0.25) is 0 Å². The molecule has 7 nitrogen and oxygen atoms in total. The molecule has 1 aromatic heterocycles. The van der Waals surface area contributed by atoms with Crippen molar-refractivity contribution in [3.05, 3.63) is 47.8 Å². The van der Waals surface area contributed by atoms with Crippen LogP contribution < -0.4 is 20.7 Å². The van der Waals surface area contributed by atoms with Crippen molar-refractivity contribution >= 4 is 42.3 Å². The van der Waals surface area contributed by atoms with Crippen molar-refractivity contribution in [1.29, 1.82) is 0 Å². The second-order valence-electron chi connectivity index (χ2n) is 7.10. The Bertz CT molecular complexity index is 879. The van der Waals surface area contributed by atoms with Crippen molar-refractivity contribution in [2.45, 2.75) is 32.7 Å². The highest BCUT2D eigenvalue weighted by Crippen LogP contribution is 2.29. The molecule has 1 aliphatic rings. The van der Waals surface area contributed by atoms with E-state index in [0.717, 1.165) is 24.9 Å². The molecule has 0 bridgehead atoms. The number of amides is 2. The molecule has 0 spiro atoms. The lowest BCUT2D eigenvalue weighted by atomic mass is 9.92. The predicted molar refractivity (Wildman–Crippen MR) is 122 cm³/mol. The van der Waals surface area contributed by atoms with Gasteiger partial charge in [0.25, 0.3) is 5.91 Å². The van der Waals surface area contributed by atoms with Crippen LogP contribution >= 0.6 is 24.8 Å². The van der Waals surface area contributed by atoms with Crippen molar-refractivity contribution in [2.75, 3.05) is 18.9 Å². The van der Waals surface area contributed by atoms with Gasteiger partial charge in [-0.1, -0.05) is 6.07 Å². The van der Waals surface area contributed by atoms with Crippen LogP contribution in [0.4, 0.5) is 5.69 Å². The normalized spacial score (nSPS) is 17.7. The first-order chi connectivity index (χ1) is 13.5. The third-order valence-corrected chi connectivity index (χ3v) is 4.87. The number of hydrogen-bond acceptors (Lipinski definition) is 5. The molecule has 2 amide bonds. The summed E-state index contributed by atoms with van der Waals surface area (Å²) in [6, 6.07) is 9.19. The molecule has 2 heterocycles. The lowest BCUT2D eigenvalue weighted by molar-refractivity contribution is -0.120. The number of hydrogen-bond donors (Lipinski definition) is 3. The third kappa shape index (κ3) is 6.58. The van der Waals surface area contributed by atoms with Gasteiger partial charge >= 0.3 is 0 Å². The van der Waals surface area contributed by atoms with Gasteiger partial charge in [0.15, 0.2) is 0 Å². The molecular formula is C21H28Cl2N4O3. The second-order valence-corrected chi connectivity index (χ2v) is 7.10. The second kappa shape index (κ2) is 11.7. The Morgan fingerprint density at radius 2 is 1.97 bits per heavy atom. The van der Waals surface area contributed by atoms with E-state index >= 15 is 0 Å². The average Bonchev–Trinajstić information content (AvgIpc) is 2.70. The van der Waals surface area contributed by atoms with Crippen molar-refractivity contribution in [1.82, 2.24) is 15.6 Å². The highest BCUT2D eigenvalue weighted by molar-refractivity contribution is 5.93. The smallest absolute Gasteiger partial charge is 0.269 e. The fourth-order valence-corrected chi connectivity index (χ4v) is 3.26. The van der Waals surface area contributed by atoms with Gasteiger partial charge in [-0.25, -0.2) is 0 Å². The molecule has 2 aromatic rings. The molecule has 1 saturated heterocycles. The van der Waals surface area contributed by atoms with Gasteiger partial charge in [0.2, 0.25) is 5.91 Å². The van der Waals surface area contributed by atoms with Crippen molar-refractivity contribution < 1.29 is 14.3 Å². The lowest BCUT2D eigenvalue weighted by Crippen LogP contribution is -2.40. The van der Waals surface area contributed by atoms with Gasteiger partial charge in [-0.3, -0.25) is 14.6 Å². The Balaban J connectivity index is 0.00000225. The molecule has 2 atom stereocenters. The minimum atomic E-state index is -0.278. The highest BCUT2D eigenvalue weighted by atomic mass is 35.5. The zero-order valence-corrected chi connectivity index (χ0v) is 18.9. The quantitative estimate of drug-likeness (QED) is 0.640. The van der Waals surface area contributed by atoms with Crippen LogP contribution in [0, 0.1) is 12.8 Å². The van der Waals surface area contributed by atoms with Gasteiger partial charge in [0.05, 0.1) is 0 Å². The van der Waals surface area contributed by atoms with Gasteiger partial charge in [-0.2, -0.15) is 0 Å². The van der Waals surface area contributed by atoms with Crippen LogP contribution in [0.5, 0.6) is 11.5 Å². The number of ether oxygens (including phenoxy) is 1. The van der Waals surface area contributed by atoms with Crippen LogP contribution in [-0.4, -0.2) is 36.4 Å². The number of nitrogens with one attached hydrogen (secondary N) is 3. The molecular weight excluding hydrogens is 427 g/mol. The van der Waals surface area contributed by atoms with Crippen molar-refractivity contribution in [2.24, 2.45) is 5.92 Å². The number of halogens is 2. The first-order valence-corrected chi connectivity index (χ1v) is 9.47. The number of aryl methyl sites for hydroxylation is 1. The number of anilines is 1. The van der Waals surface area contributed by atoms with E-state index in [1.54, 1.807) is 25.2 Å². The van der Waals surface area contributed by atoms with E-state index in [-0.39, 0.29) is 48.2 Å². The molecule has 30 heavy (non-hydrogen) atoms. The Morgan fingerprint density at radius 1 is 1.20 bits per heavy atom. The molecule has 0 saturated carbocycles. The summed E-state index contributed by atoms with van der Waals surface area (Å²) in [5.74, 6) is 0.892. The minimum Gasteiger partial charge on any atom is -0.457 e. The lowest BCUT2D eigenvalue weighted by Gasteiger charge is -2.27. The molecule has 1 fully saturated rings. The van der Waals surface area contributed by atoms with Crippen LogP contribution in [0.1, 0.15) is 35.8 Å². The highest BCUT2D eigenvalue weighted by Gasteiger charge is 2.24. The summed E-state index contributed by atoms with van der Waals surface area (Å²) < 4.78 is 5.95. The summed E-state index contributed by atoms with van der Waals surface area (Å²) in [5.41, 5.74) is 1.89. The number of aromatic nitrogens is 1. The topological polar surface area (TPSA) is 92.4 Å². The average molecular weight is 455 g/mol. The van der Waals surface area contributed by atoms with Gasteiger partial charge in [0, 0.05) is 43.0 Å². The van der Waals surface area contributed by atoms with E-state index in [9.17, 15) is 9.59 Å². The van der Waals surface area contributed by atoms with E-state index < -0.39 is 0 Å². The van der Waals surface area contributed by atoms with Gasteiger partial charge in [-0.15, -0.1) is 24.8 Å². The number of pyridine rings is 1. The molecule has 3 N–H and O–H groups in total. The number of benzene rings is 1. The van der Waals surface area contributed by atoms with E-state index in [2.05, 4.69) is 27.9 Å². The summed E-state index contributed by atoms with van der Waals surface area (Å²) >= 11 is 0. The maximum absolute atomic E-state index is 12.6. The Morgan fingerprint density at radius 3 is 2.67 bits per heavy atom. The Kier molecular flexibility index (Phi) is 10.0. The third-order valence-electron chi connectivity index (χ3n) is 4.87. The standard InChI is InChI=1S/C21H26N4O3.2ClH/c1-13-4-5-16(25-20(26)15-6-8-23-14(2)10-15)11-19(13)28-17-7-9-24-18(12-17)21(27)22-3;;/h4-5,7,9,11-12,14-15,23H,6,8,10H2,1-3H3,(H,22,27)(H,25,26);2*1H/t14-,15-;;/m0../s1. The maximum Gasteiger partial charge on any atom is 0.269 e. The Labute approximate surface area is 189 Å². The van der Waals surface area contributed by atoms with Crippen LogP contribution in [-0.2, 0) is 4.79 Å². The van der Waals surface area contributed by atoms with Crippen molar-refractivity contribution in [3.63, 3.8) is 0 Å². The minimum absolute atomic E-state index is 0. The number of carbonyl (C=O) groups excluding carboxylic acids is 2. The summed E-state index contributed by atoms with van der Waals surface area (Å²) in [7, 11) is 1.55. The first kappa shape index (κ1) is 25.7. The van der Waals surface area contributed by atoms with E-state index in [4.69, 9.17) is 4.74 Å². The molecule has 164 valence electrons. The van der Waals surface area contributed by atoms with Gasteiger partial charge < -0.3 is 20.7 Å². The van der Waals surface area contributed by atoms with Crippen LogP contribution in [0.3, 0.4) is 0 Å². The van der Waals surface area contributed by atoms with Crippen molar-refractivity contribution in [3.8, 4) is 11.5 Å². The molecule has 0 unspecified atom stereocenters. The summed E-state index contributed by atoms with van der Waals surface area (Å²) in [6.45, 7) is 4.88. The fourth-order valence-electron chi connectivity index (χ4n) is 3.26. The molecule has 0 radical (unpaired) electrons.